The van der Waals surface area contributed by atoms with Crippen molar-refractivity contribution in [2.45, 2.75) is 6.54 Å². The number of benzene rings is 5. The zero-order valence-electron chi connectivity index (χ0n) is 14.2. The monoisotopic (exact) mass is 335 g/mol. The first-order chi connectivity index (χ1) is 12.8. The topological polar surface area (TPSA) is 26.1 Å². The molecule has 0 aliphatic heterocycles. The van der Waals surface area contributed by atoms with Crippen molar-refractivity contribution in [3.8, 4) is 0 Å². The molecular formula is C24H17NO. The lowest BCUT2D eigenvalue weighted by Crippen LogP contribution is -2.06. The van der Waals surface area contributed by atoms with Crippen molar-refractivity contribution >= 4 is 38.5 Å². The lowest BCUT2D eigenvalue weighted by atomic mass is 9.92. The van der Waals surface area contributed by atoms with Gasteiger partial charge in [-0.1, -0.05) is 78.9 Å². The fourth-order valence-corrected chi connectivity index (χ4v) is 3.83. The van der Waals surface area contributed by atoms with Gasteiger partial charge in [0.25, 0.3) is 0 Å². The van der Waals surface area contributed by atoms with Gasteiger partial charge in [-0.2, -0.15) is 0 Å². The Balaban J connectivity index is 1.69. The minimum absolute atomic E-state index is 0.350. The molecule has 0 fully saturated rings. The Hall–Kier alpha value is -3.39. The number of rotatable bonds is 3. The number of nitrogens with zero attached hydrogens (tertiary/aromatic N) is 1. The minimum Gasteiger partial charge on any atom is -0.624 e. The maximum Gasteiger partial charge on any atom is 0.182 e. The molecule has 0 saturated carbocycles. The van der Waals surface area contributed by atoms with Gasteiger partial charge < -0.3 is 5.21 Å². The quantitative estimate of drug-likeness (QED) is 0.136. The summed E-state index contributed by atoms with van der Waals surface area (Å²) in [5.41, 5.74) is 1.97. The van der Waals surface area contributed by atoms with E-state index in [0.29, 0.717) is 6.54 Å². The van der Waals surface area contributed by atoms with Gasteiger partial charge in [0.1, 0.15) is 0 Å². The van der Waals surface area contributed by atoms with Crippen LogP contribution in [-0.4, -0.2) is 11.0 Å². The second-order valence-electron chi connectivity index (χ2n) is 6.70. The second-order valence-corrected chi connectivity index (χ2v) is 6.70. The normalized spacial score (nSPS) is 12.4. The second kappa shape index (κ2) is 5.85. The summed E-state index contributed by atoms with van der Waals surface area (Å²) in [5, 5.41) is 19.8. The molecule has 0 atom stereocenters. The van der Waals surface area contributed by atoms with Crippen molar-refractivity contribution in [2.75, 3.05) is 0 Å². The van der Waals surface area contributed by atoms with Crippen LogP contribution in [0.15, 0.2) is 84.9 Å². The van der Waals surface area contributed by atoms with Gasteiger partial charge in [0.15, 0.2) is 12.8 Å². The Morgan fingerprint density at radius 3 is 2.08 bits per heavy atom. The molecule has 0 unspecified atom stereocenters. The molecule has 0 aliphatic carbocycles. The van der Waals surface area contributed by atoms with Gasteiger partial charge in [0, 0.05) is 11.1 Å². The predicted octanol–water partition coefficient (Wildman–Crippen LogP) is 5.71. The van der Waals surface area contributed by atoms with E-state index < -0.39 is 0 Å². The van der Waals surface area contributed by atoms with Gasteiger partial charge in [-0.15, -0.1) is 0 Å². The van der Waals surface area contributed by atoms with Crippen LogP contribution in [0.3, 0.4) is 0 Å². The Morgan fingerprint density at radius 1 is 0.654 bits per heavy atom. The van der Waals surface area contributed by atoms with Crippen LogP contribution in [0, 0.1) is 5.21 Å². The Morgan fingerprint density at radius 2 is 1.31 bits per heavy atom. The van der Waals surface area contributed by atoms with Crippen molar-refractivity contribution in [1.82, 2.24) is 0 Å². The molecule has 0 bridgehead atoms. The summed E-state index contributed by atoms with van der Waals surface area (Å²) in [6.07, 6.45) is 1.71. The van der Waals surface area contributed by atoms with Crippen molar-refractivity contribution in [3.63, 3.8) is 0 Å². The zero-order valence-corrected chi connectivity index (χ0v) is 14.2. The largest absolute Gasteiger partial charge is 0.624 e. The van der Waals surface area contributed by atoms with Crippen LogP contribution in [0.1, 0.15) is 11.1 Å². The molecule has 0 saturated heterocycles. The molecule has 0 aliphatic rings. The summed E-state index contributed by atoms with van der Waals surface area (Å²) in [6.45, 7) is 0.350. The zero-order chi connectivity index (χ0) is 17.5. The molecule has 0 amide bonds. The van der Waals surface area contributed by atoms with Gasteiger partial charge in [0.2, 0.25) is 0 Å². The molecule has 5 rings (SSSR count). The van der Waals surface area contributed by atoms with Crippen molar-refractivity contribution < 1.29 is 4.74 Å². The maximum atomic E-state index is 12.5. The van der Waals surface area contributed by atoms with E-state index in [4.69, 9.17) is 0 Å². The van der Waals surface area contributed by atoms with Crippen molar-refractivity contribution in [3.05, 3.63) is 101 Å². The van der Waals surface area contributed by atoms with Crippen LogP contribution < -0.4 is 0 Å². The number of hydrogen-bond acceptors (Lipinski definition) is 1. The summed E-state index contributed by atoms with van der Waals surface area (Å²) in [7, 11) is 0. The fourth-order valence-electron chi connectivity index (χ4n) is 3.83. The molecule has 5 aromatic rings. The average molecular weight is 335 g/mol. The van der Waals surface area contributed by atoms with E-state index in [2.05, 4.69) is 48.5 Å². The summed E-state index contributed by atoms with van der Waals surface area (Å²) < 4.78 is 1.02. The Bertz CT molecular complexity index is 1240. The lowest BCUT2D eigenvalue weighted by Gasteiger charge is -2.12. The summed E-state index contributed by atoms with van der Waals surface area (Å²) in [6, 6.07) is 29.0. The van der Waals surface area contributed by atoms with E-state index in [0.717, 1.165) is 21.3 Å². The van der Waals surface area contributed by atoms with Crippen molar-refractivity contribution in [2.24, 2.45) is 0 Å². The highest BCUT2D eigenvalue weighted by Gasteiger charge is 2.11. The van der Waals surface area contributed by atoms with E-state index in [1.54, 1.807) is 6.21 Å². The summed E-state index contributed by atoms with van der Waals surface area (Å²) in [5.74, 6) is 0. The molecule has 0 aromatic heterocycles. The molecule has 124 valence electrons. The van der Waals surface area contributed by atoms with Crippen LogP contribution in [0.2, 0.25) is 0 Å². The van der Waals surface area contributed by atoms with E-state index >= 15 is 0 Å². The number of hydrogen-bond donors (Lipinski definition) is 0. The molecule has 26 heavy (non-hydrogen) atoms. The fraction of sp³-hybridized carbons (Fsp3) is 0.0417. The van der Waals surface area contributed by atoms with E-state index in [-0.39, 0.29) is 0 Å². The first kappa shape index (κ1) is 14.9. The minimum atomic E-state index is 0.350. The van der Waals surface area contributed by atoms with Gasteiger partial charge >= 0.3 is 0 Å². The van der Waals surface area contributed by atoms with E-state index in [1.807, 2.05) is 36.4 Å². The van der Waals surface area contributed by atoms with Gasteiger partial charge in [-0.3, -0.25) is 0 Å². The molecule has 0 heterocycles. The van der Waals surface area contributed by atoms with E-state index in [1.165, 1.54) is 26.9 Å². The maximum absolute atomic E-state index is 12.5. The standard InChI is InChI=1S/C24H17NO/c26-25(15-17-5-2-1-3-6-17)16-21-12-11-20-10-9-18-7-4-8-19-13-14-22(21)24(20)23(18)19/h1-14,16H,15H2/b25-16-. The molecular weight excluding hydrogens is 318 g/mol. The highest BCUT2D eigenvalue weighted by molar-refractivity contribution is 6.25. The molecule has 2 nitrogen and oxygen atoms in total. The van der Waals surface area contributed by atoms with Gasteiger partial charge in [-0.05, 0) is 38.4 Å². The molecule has 0 spiro atoms. The molecule has 0 N–H and O–H groups in total. The third-order valence-electron chi connectivity index (χ3n) is 5.03. The van der Waals surface area contributed by atoms with Crippen LogP contribution in [0.25, 0.3) is 32.3 Å². The van der Waals surface area contributed by atoms with Crippen molar-refractivity contribution in [1.29, 1.82) is 0 Å². The molecule has 2 heteroatoms. The third kappa shape index (κ3) is 2.39. The van der Waals surface area contributed by atoms with Gasteiger partial charge in [0.05, 0.1) is 0 Å². The number of hydroxylamine groups is 1. The summed E-state index contributed by atoms with van der Waals surface area (Å²) >= 11 is 0. The highest BCUT2D eigenvalue weighted by atomic mass is 16.5. The average Bonchev–Trinajstić information content (AvgIpc) is 2.68. The summed E-state index contributed by atoms with van der Waals surface area (Å²) in [4.78, 5) is 0. The Labute approximate surface area is 151 Å². The lowest BCUT2D eigenvalue weighted by molar-refractivity contribution is -0.469. The Kier molecular flexibility index (Phi) is 3.36. The predicted molar refractivity (Wildman–Crippen MR) is 109 cm³/mol. The van der Waals surface area contributed by atoms with Crippen LogP contribution in [-0.2, 0) is 6.54 Å². The SMILES string of the molecule is [O-]/[N+](=C\c1ccc2ccc3cccc4ccc1c2c34)Cc1ccccc1. The third-order valence-corrected chi connectivity index (χ3v) is 5.03. The van der Waals surface area contributed by atoms with E-state index in [9.17, 15) is 5.21 Å². The van der Waals surface area contributed by atoms with Crippen LogP contribution >= 0.6 is 0 Å². The molecule has 0 radical (unpaired) electrons. The first-order valence-corrected chi connectivity index (χ1v) is 8.79. The highest BCUT2D eigenvalue weighted by Crippen LogP contribution is 2.35. The molecule has 5 aromatic carbocycles. The van der Waals surface area contributed by atoms with Crippen LogP contribution in [0.5, 0.6) is 0 Å². The first-order valence-electron chi connectivity index (χ1n) is 8.79. The van der Waals surface area contributed by atoms with Crippen LogP contribution in [0.4, 0.5) is 0 Å². The smallest absolute Gasteiger partial charge is 0.182 e. The van der Waals surface area contributed by atoms with Gasteiger partial charge in [-0.25, -0.2) is 4.74 Å².